The van der Waals surface area contributed by atoms with Crippen LogP contribution in [-0.4, -0.2) is 48.9 Å². The van der Waals surface area contributed by atoms with Crippen LogP contribution in [0.3, 0.4) is 0 Å². The minimum absolute atomic E-state index is 0.121. The van der Waals surface area contributed by atoms with E-state index in [4.69, 9.17) is 9.47 Å². The number of methoxy groups -OCH3 is 1. The summed E-state index contributed by atoms with van der Waals surface area (Å²) in [6.45, 7) is 3.02. The highest BCUT2D eigenvalue weighted by molar-refractivity contribution is 8.00. The van der Waals surface area contributed by atoms with Crippen LogP contribution in [0, 0.1) is 0 Å². The Balaban J connectivity index is 1.92. The van der Waals surface area contributed by atoms with Gasteiger partial charge in [0.25, 0.3) is 0 Å². The lowest BCUT2D eigenvalue weighted by Crippen LogP contribution is -2.49. The minimum atomic E-state index is -0.463. The van der Waals surface area contributed by atoms with Crippen LogP contribution in [0.4, 0.5) is 0 Å². The van der Waals surface area contributed by atoms with Gasteiger partial charge in [-0.2, -0.15) is 11.8 Å². The zero-order valence-corrected chi connectivity index (χ0v) is 12.2. The second-order valence-electron chi connectivity index (χ2n) is 5.23. The molecule has 2 aliphatic rings. The molecule has 104 valence electrons. The molecule has 0 bridgehead atoms. The molecule has 0 amide bonds. The van der Waals surface area contributed by atoms with Crippen molar-refractivity contribution in [3.05, 3.63) is 0 Å². The molecule has 1 N–H and O–H groups in total. The Labute approximate surface area is 113 Å². The highest BCUT2D eigenvalue weighted by atomic mass is 32.2. The Hall–Kier alpha value is -0.260. The van der Waals surface area contributed by atoms with Crippen LogP contribution >= 0.6 is 11.8 Å². The third-order valence-corrected chi connectivity index (χ3v) is 5.95. The van der Waals surface area contributed by atoms with Gasteiger partial charge in [0.15, 0.2) is 0 Å². The predicted molar refractivity (Wildman–Crippen MR) is 72.9 cm³/mol. The van der Waals surface area contributed by atoms with E-state index in [2.05, 4.69) is 12.2 Å². The van der Waals surface area contributed by atoms with Gasteiger partial charge in [-0.1, -0.05) is 0 Å². The molecule has 0 aromatic carbocycles. The topological polar surface area (TPSA) is 47.6 Å². The maximum atomic E-state index is 11.9. The number of nitrogens with one attached hydrogen (secondary N) is 1. The van der Waals surface area contributed by atoms with Crippen molar-refractivity contribution < 1.29 is 14.3 Å². The Morgan fingerprint density at radius 3 is 2.83 bits per heavy atom. The summed E-state index contributed by atoms with van der Waals surface area (Å²) in [4.78, 5) is 11.9. The number of carbonyl (C=O) groups excluding carboxylic acids is 1. The molecule has 4 atom stereocenters. The van der Waals surface area contributed by atoms with Crippen LogP contribution in [0.2, 0.25) is 0 Å². The smallest absolute Gasteiger partial charge is 0.326 e. The predicted octanol–water partition coefficient (Wildman–Crippen LogP) is 1.58. The van der Waals surface area contributed by atoms with Crippen molar-refractivity contribution in [1.82, 2.24) is 5.32 Å². The average Bonchev–Trinajstić information content (AvgIpc) is 2.97. The molecule has 1 heterocycles. The lowest BCUT2D eigenvalue weighted by Gasteiger charge is -2.26. The van der Waals surface area contributed by atoms with E-state index in [9.17, 15) is 4.79 Å². The van der Waals surface area contributed by atoms with Gasteiger partial charge in [0.2, 0.25) is 0 Å². The molecule has 1 saturated heterocycles. The molecule has 1 saturated carbocycles. The molecule has 4 unspecified atom stereocenters. The summed E-state index contributed by atoms with van der Waals surface area (Å²) in [5.74, 6) is -0.121. The van der Waals surface area contributed by atoms with E-state index >= 15 is 0 Å². The summed E-state index contributed by atoms with van der Waals surface area (Å²) in [6, 6.07) is 0. The quantitative estimate of drug-likeness (QED) is 0.788. The van der Waals surface area contributed by atoms with Gasteiger partial charge >= 0.3 is 5.97 Å². The maximum absolute atomic E-state index is 11.9. The number of thioether (sulfide) groups is 1. The van der Waals surface area contributed by atoms with Crippen LogP contribution in [0.15, 0.2) is 0 Å². The number of likely N-dealkylation sites (N-methyl/N-ethyl adjacent to an activating group) is 1. The molecular formula is C13H23NO3S. The first-order chi connectivity index (χ1) is 8.61. The lowest BCUT2D eigenvalue weighted by molar-refractivity contribution is -0.148. The Morgan fingerprint density at radius 1 is 1.50 bits per heavy atom. The summed E-state index contributed by atoms with van der Waals surface area (Å²) < 4.78 is 10.5. The van der Waals surface area contributed by atoms with Crippen molar-refractivity contribution in [2.45, 2.75) is 54.7 Å². The summed E-state index contributed by atoms with van der Waals surface area (Å²) >= 11 is 2.00. The molecule has 18 heavy (non-hydrogen) atoms. The molecule has 0 spiro atoms. The van der Waals surface area contributed by atoms with Crippen LogP contribution in [0.1, 0.15) is 32.6 Å². The Morgan fingerprint density at radius 2 is 2.28 bits per heavy atom. The van der Waals surface area contributed by atoms with Gasteiger partial charge in [0.1, 0.15) is 5.54 Å². The summed E-state index contributed by atoms with van der Waals surface area (Å²) in [5.41, 5.74) is -0.463. The molecule has 0 aromatic heterocycles. The highest BCUT2D eigenvalue weighted by Crippen LogP contribution is 2.41. The monoisotopic (exact) mass is 273 g/mol. The van der Waals surface area contributed by atoms with Gasteiger partial charge in [-0.3, -0.25) is 4.79 Å². The first-order valence-electron chi connectivity index (χ1n) is 6.65. The van der Waals surface area contributed by atoms with Gasteiger partial charge in [-0.05, 0) is 39.7 Å². The maximum Gasteiger partial charge on any atom is 0.326 e. The molecule has 0 radical (unpaired) electrons. The van der Waals surface area contributed by atoms with Crippen LogP contribution < -0.4 is 5.32 Å². The SMILES string of the molecule is CNC1(C(=O)OC)CCC(SC2CCOC2C)C1. The molecule has 4 nitrogen and oxygen atoms in total. The van der Waals surface area contributed by atoms with Gasteiger partial charge in [0.05, 0.1) is 13.2 Å². The second kappa shape index (κ2) is 5.80. The second-order valence-corrected chi connectivity index (χ2v) is 6.77. The number of rotatable bonds is 4. The highest BCUT2D eigenvalue weighted by Gasteiger charge is 2.46. The fraction of sp³-hybridized carbons (Fsp3) is 0.923. The molecule has 2 fully saturated rings. The number of hydrogen-bond acceptors (Lipinski definition) is 5. The van der Waals surface area contributed by atoms with Gasteiger partial charge in [-0.25, -0.2) is 0 Å². The number of ether oxygens (including phenoxy) is 2. The molecular weight excluding hydrogens is 250 g/mol. The zero-order valence-electron chi connectivity index (χ0n) is 11.4. The molecule has 2 rings (SSSR count). The van der Waals surface area contributed by atoms with E-state index in [0.29, 0.717) is 16.6 Å². The van der Waals surface area contributed by atoms with Crippen molar-refractivity contribution in [2.24, 2.45) is 0 Å². The largest absolute Gasteiger partial charge is 0.468 e. The first kappa shape index (κ1) is 14.2. The van der Waals surface area contributed by atoms with Gasteiger partial charge in [0, 0.05) is 17.1 Å². The summed E-state index contributed by atoms with van der Waals surface area (Å²) in [5, 5.41) is 4.29. The number of carbonyl (C=O) groups is 1. The van der Waals surface area contributed by atoms with Crippen LogP contribution in [0.25, 0.3) is 0 Å². The van der Waals surface area contributed by atoms with Crippen molar-refractivity contribution in [1.29, 1.82) is 0 Å². The van der Waals surface area contributed by atoms with Crippen molar-refractivity contribution >= 4 is 17.7 Å². The molecule has 5 heteroatoms. The molecule has 1 aliphatic carbocycles. The van der Waals surface area contributed by atoms with Crippen molar-refractivity contribution in [2.75, 3.05) is 20.8 Å². The van der Waals surface area contributed by atoms with E-state index in [0.717, 1.165) is 32.3 Å². The van der Waals surface area contributed by atoms with Crippen molar-refractivity contribution in [3.8, 4) is 0 Å². The molecule has 0 aromatic rings. The van der Waals surface area contributed by atoms with E-state index in [1.807, 2.05) is 18.8 Å². The third-order valence-electron chi connectivity index (χ3n) is 4.20. The van der Waals surface area contributed by atoms with Gasteiger partial charge < -0.3 is 14.8 Å². The van der Waals surface area contributed by atoms with E-state index in [-0.39, 0.29) is 5.97 Å². The number of hydrogen-bond donors (Lipinski definition) is 1. The summed E-state index contributed by atoms with van der Waals surface area (Å²) in [7, 11) is 3.32. The van der Waals surface area contributed by atoms with E-state index < -0.39 is 5.54 Å². The molecule has 1 aliphatic heterocycles. The average molecular weight is 273 g/mol. The first-order valence-corrected chi connectivity index (χ1v) is 7.60. The number of esters is 1. The van der Waals surface area contributed by atoms with E-state index in [1.165, 1.54) is 7.11 Å². The third kappa shape index (κ3) is 2.68. The van der Waals surface area contributed by atoms with Gasteiger partial charge in [-0.15, -0.1) is 0 Å². The standard InChI is InChI=1S/C13H23NO3S/c1-9-11(5-7-17-9)18-10-4-6-13(8-10,14-2)12(15)16-3/h9-11,14H,4-8H2,1-3H3. The minimum Gasteiger partial charge on any atom is -0.468 e. The Kier molecular flexibility index (Phi) is 4.56. The summed E-state index contributed by atoms with van der Waals surface area (Å²) in [6.07, 6.45) is 4.29. The fourth-order valence-electron chi connectivity index (χ4n) is 2.96. The van der Waals surface area contributed by atoms with Crippen LogP contribution in [-0.2, 0) is 14.3 Å². The van der Waals surface area contributed by atoms with Crippen molar-refractivity contribution in [3.63, 3.8) is 0 Å². The Bertz CT molecular complexity index is 313. The fourth-order valence-corrected chi connectivity index (χ4v) is 4.63. The normalized spacial score (nSPS) is 40.1. The lowest BCUT2D eigenvalue weighted by atomic mass is 9.98. The van der Waals surface area contributed by atoms with Crippen LogP contribution in [0.5, 0.6) is 0 Å². The van der Waals surface area contributed by atoms with E-state index in [1.54, 1.807) is 0 Å². The zero-order chi connectivity index (χ0) is 13.2.